The van der Waals surface area contributed by atoms with Crippen LogP contribution in [0.15, 0.2) is 36.4 Å². The van der Waals surface area contributed by atoms with Gasteiger partial charge in [0.2, 0.25) is 0 Å². The fraction of sp³-hybridized carbons (Fsp3) is 0.542. The summed E-state index contributed by atoms with van der Waals surface area (Å²) in [5, 5.41) is 13.8. The number of piperidine rings is 1. The monoisotopic (exact) mass is 405 g/mol. The summed E-state index contributed by atoms with van der Waals surface area (Å²) in [5.41, 5.74) is 4.73. The first-order chi connectivity index (χ1) is 14.5. The molecule has 30 heavy (non-hydrogen) atoms. The van der Waals surface area contributed by atoms with E-state index in [9.17, 15) is 0 Å². The van der Waals surface area contributed by atoms with Gasteiger partial charge in [0.25, 0.3) is 0 Å². The van der Waals surface area contributed by atoms with E-state index in [1.165, 1.54) is 11.1 Å². The zero-order valence-electron chi connectivity index (χ0n) is 18.2. The number of fused-ring (bicyclic) bond motifs is 2. The van der Waals surface area contributed by atoms with Crippen molar-refractivity contribution >= 4 is 5.65 Å². The van der Waals surface area contributed by atoms with Crippen LogP contribution in [0.4, 0.5) is 0 Å². The molecule has 0 amide bonds. The van der Waals surface area contributed by atoms with Gasteiger partial charge in [0, 0.05) is 17.9 Å². The van der Waals surface area contributed by atoms with Gasteiger partial charge < -0.3 is 9.64 Å². The molecule has 0 N–H and O–H groups in total. The molecule has 1 fully saturated rings. The Labute approximate surface area is 178 Å². The highest BCUT2D eigenvalue weighted by atomic mass is 16.5. The smallest absolute Gasteiger partial charge is 0.177 e. The molecule has 6 nitrogen and oxygen atoms in total. The zero-order chi connectivity index (χ0) is 20.7. The van der Waals surface area contributed by atoms with Crippen molar-refractivity contribution in [3.8, 4) is 0 Å². The number of hydrogen-bond acceptors (Lipinski definition) is 5. The Morgan fingerprint density at radius 3 is 2.63 bits per heavy atom. The zero-order valence-corrected chi connectivity index (χ0v) is 18.2. The average molecular weight is 406 g/mol. The molecule has 0 spiro atoms. The molecule has 2 aliphatic rings. The summed E-state index contributed by atoms with van der Waals surface area (Å²) in [7, 11) is 0. The molecule has 1 unspecified atom stereocenters. The largest absolute Gasteiger partial charge is 0.372 e. The van der Waals surface area contributed by atoms with E-state index in [0.717, 1.165) is 62.7 Å². The van der Waals surface area contributed by atoms with E-state index in [-0.39, 0.29) is 11.5 Å². The summed E-state index contributed by atoms with van der Waals surface area (Å²) in [6.07, 6.45) is 3.38. The molecule has 2 aromatic heterocycles. The maximum atomic E-state index is 6.13. The highest BCUT2D eigenvalue weighted by molar-refractivity contribution is 5.38. The van der Waals surface area contributed by atoms with E-state index < -0.39 is 0 Å². The van der Waals surface area contributed by atoms with E-state index in [0.29, 0.717) is 5.92 Å². The summed E-state index contributed by atoms with van der Waals surface area (Å²) >= 11 is 0. The maximum absolute atomic E-state index is 6.13. The van der Waals surface area contributed by atoms with Crippen molar-refractivity contribution in [3.63, 3.8) is 0 Å². The second-order valence-corrected chi connectivity index (χ2v) is 9.68. The topological polar surface area (TPSA) is 55.5 Å². The van der Waals surface area contributed by atoms with Gasteiger partial charge in [0.15, 0.2) is 11.5 Å². The Morgan fingerprint density at radius 1 is 1.03 bits per heavy atom. The van der Waals surface area contributed by atoms with Crippen LogP contribution in [-0.2, 0) is 16.6 Å². The maximum Gasteiger partial charge on any atom is 0.177 e. The van der Waals surface area contributed by atoms with Gasteiger partial charge in [-0.1, -0.05) is 45.0 Å². The molecule has 0 aliphatic carbocycles. The summed E-state index contributed by atoms with van der Waals surface area (Å²) in [6.45, 7) is 10.5. The van der Waals surface area contributed by atoms with E-state index in [1.54, 1.807) is 0 Å². The fourth-order valence-electron chi connectivity index (χ4n) is 4.70. The molecular weight excluding hydrogens is 374 g/mol. The molecule has 4 heterocycles. The van der Waals surface area contributed by atoms with Gasteiger partial charge >= 0.3 is 0 Å². The molecule has 3 aromatic rings. The third-order valence-corrected chi connectivity index (χ3v) is 6.52. The van der Waals surface area contributed by atoms with E-state index >= 15 is 0 Å². The standard InChI is InChI=1S/C24H31N5O/c1-24(2,3)21-8-9-22-25-26-23(29(22)27-21)18-10-13-28(14-11-18)16-20-19-7-5-4-6-17(19)12-15-30-20/h4-9,18,20H,10-16H2,1-3H3. The Balaban J connectivity index is 1.28. The van der Waals surface area contributed by atoms with E-state index in [1.807, 2.05) is 10.6 Å². The lowest BCUT2D eigenvalue weighted by molar-refractivity contribution is 0.0107. The van der Waals surface area contributed by atoms with Crippen LogP contribution in [0.3, 0.4) is 0 Å². The molecule has 0 saturated carbocycles. The van der Waals surface area contributed by atoms with Gasteiger partial charge in [-0.2, -0.15) is 9.61 Å². The third-order valence-electron chi connectivity index (χ3n) is 6.52. The lowest BCUT2D eigenvalue weighted by Crippen LogP contribution is -2.38. The molecule has 0 radical (unpaired) electrons. The van der Waals surface area contributed by atoms with Gasteiger partial charge in [-0.05, 0) is 55.6 Å². The number of benzene rings is 1. The van der Waals surface area contributed by atoms with Gasteiger partial charge in [0.1, 0.15) is 0 Å². The van der Waals surface area contributed by atoms with Crippen molar-refractivity contribution in [2.75, 3.05) is 26.2 Å². The van der Waals surface area contributed by atoms with Crippen LogP contribution in [-0.4, -0.2) is 51.0 Å². The number of nitrogens with zero attached hydrogens (tertiary/aromatic N) is 5. The van der Waals surface area contributed by atoms with Crippen LogP contribution < -0.4 is 0 Å². The normalized spacial score (nSPS) is 21.1. The SMILES string of the molecule is CC(C)(C)c1ccc2nnc(C3CCN(CC4OCCc5ccccc54)CC3)n2n1. The molecule has 1 aromatic carbocycles. The van der Waals surface area contributed by atoms with Crippen molar-refractivity contribution in [2.45, 2.75) is 57.5 Å². The summed E-state index contributed by atoms with van der Waals surface area (Å²) in [4.78, 5) is 2.54. The second-order valence-electron chi connectivity index (χ2n) is 9.68. The van der Waals surface area contributed by atoms with Crippen molar-refractivity contribution in [1.82, 2.24) is 24.7 Å². The first kappa shape index (κ1) is 19.6. The lowest BCUT2D eigenvalue weighted by atomic mass is 9.92. The summed E-state index contributed by atoms with van der Waals surface area (Å²) in [6, 6.07) is 12.8. The van der Waals surface area contributed by atoms with Crippen LogP contribution in [0, 0.1) is 0 Å². The molecule has 6 heteroatoms. The van der Waals surface area contributed by atoms with Gasteiger partial charge in [0.05, 0.1) is 18.4 Å². The lowest BCUT2D eigenvalue weighted by Gasteiger charge is -2.35. The van der Waals surface area contributed by atoms with Crippen LogP contribution in [0.1, 0.15) is 68.3 Å². The summed E-state index contributed by atoms with van der Waals surface area (Å²) < 4.78 is 8.10. The Kier molecular flexibility index (Phi) is 5.07. The molecule has 1 atom stereocenters. The van der Waals surface area contributed by atoms with Crippen LogP contribution in [0.5, 0.6) is 0 Å². The number of aromatic nitrogens is 4. The van der Waals surface area contributed by atoms with Gasteiger partial charge in [-0.3, -0.25) is 0 Å². The first-order valence-electron chi connectivity index (χ1n) is 11.1. The molecule has 1 saturated heterocycles. The molecule has 0 bridgehead atoms. The van der Waals surface area contributed by atoms with Gasteiger partial charge in [-0.25, -0.2) is 0 Å². The number of ether oxygens (including phenoxy) is 1. The minimum absolute atomic E-state index is 0.00931. The predicted molar refractivity (Wildman–Crippen MR) is 117 cm³/mol. The minimum atomic E-state index is 0.00931. The molecule has 158 valence electrons. The number of rotatable bonds is 3. The first-order valence-corrected chi connectivity index (χ1v) is 11.1. The van der Waals surface area contributed by atoms with Crippen LogP contribution in [0.2, 0.25) is 0 Å². The van der Waals surface area contributed by atoms with Crippen LogP contribution in [0.25, 0.3) is 5.65 Å². The predicted octanol–water partition coefficient (Wildman–Crippen LogP) is 3.92. The fourth-order valence-corrected chi connectivity index (χ4v) is 4.70. The quantitative estimate of drug-likeness (QED) is 0.661. The van der Waals surface area contributed by atoms with Crippen molar-refractivity contribution in [2.24, 2.45) is 0 Å². The Hall–Kier alpha value is -2.31. The Bertz CT molecular complexity index is 1030. The summed E-state index contributed by atoms with van der Waals surface area (Å²) in [5.74, 6) is 1.41. The Morgan fingerprint density at radius 2 is 1.83 bits per heavy atom. The second kappa shape index (κ2) is 7.75. The molecule has 2 aliphatic heterocycles. The molecular formula is C24H31N5O. The minimum Gasteiger partial charge on any atom is -0.372 e. The van der Waals surface area contributed by atoms with Crippen molar-refractivity contribution in [1.29, 1.82) is 0 Å². The third kappa shape index (κ3) is 3.74. The number of likely N-dealkylation sites (tertiary alicyclic amines) is 1. The molecule has 5 rings (SSSR count). The van der Waals surface area contributed by atoms with Crippen LogP contribution >= 0.6 is 0 Å². The van der Waals surface area contributed by atoms with Crippen molar-refractivity contribution in [3.05, 3.63) is 59.0 Å². The van der Waals surface area contributed by atoms with Crippen molar-refractivity contribution < 1.29 is 4.74 Å². The van der Waals surface area contributed by atoms with E-state index in [2.05, 4.69) is 66.2 Å². The van der Waals surface area contributed by atoms with Gasteiger partial charge in [-0.15, -0.1) is 10.2 Å². The highest BCUT2D eigenvalue weighted by Gasteiger charge is 2.29. The average Bonchev–Trinajstić information content (AvgIpc) is 3.17. The highest BCUT2D eigenvalue weighted by Crippen LogP contribution is 2.31. The van der Waals surface area contributed by atoms with E-state index in [4.69, 9.17) is 9.84 Å². The number of hydrogen-bond donors (Lipinski definition) is 0.